The van der Waals surface area contributed by atoms with Crippen molar-refractivity contribution in [1.29, 1.82) is 0 Å². The van der Waals surface area contributed by atoms with E-state index in [1.165, 1.54) is 12.3 Å². The van der Waals surface area contributed by atoms with Crippen LogP contribution in [0.25, 0.3) is 0 Å². The van der Waals surface area contributed by atoms with Gasteiger partial charge in [-0.2, -0.15) is 0 Å². The quantitative estimate of drug-likeness (QED) is 0.693. The molecule has 0 saturated carbocycles. The van der Waals surface area contributed by atoms with E-state index in [2.05, 4.69) is 20.3 Å². The van der Waals surface area contributed by atoms with Gasteiger partial charge in [-0.05, 0) is 0 Å². The minimum atomic E-state index is -0.401. The molecule has 2 rings (SSSR count). The summed E-state index contributed by atoms with van der Waals surface area (Å²) in [5, 5.41) is 9.15. The largest absolute Gasteiger partial charge is 0.364 e. The lowest BCUT2D eigenvalue weighted by Gasteiger charge is -2.27. The zero-order valence-corrected chi connectivity index (χ0v) is 9.31. The van der Waals surface area contributed by atoms with Crippen LogP contribution in [0.5, 0.6) is 0 Å². The maximum atomic E-state index is 11.7. The minimum Gasteiger partial charge on any atom is -0.364 e. The molecule has 1 aliphatic rings. The van der Waals surface area contributed by atoms with Crippen molar-refractivity contribution < 1.29 is 14.1 Å². The van der Waals surface area contributed by atoms with E-state index in [4.69, 9.17) is 0 Å². The lowest BCUT2D eigenvalue weighted by molar-refractivity contribution is -0.130. The second kappa shape index (κ2) is 5.44. The van der Waals surface area contributed by atoms with Crippen molar-refractivity contribution in [3.63, 3.8) is 0 Å². The van der Waals surface area contributed by atoms with Crippen LogP contribution in [0.15, 0.2) is 16.9 Å². The van der Waals surface area contributed by atoms with Crippen molar-refractivity contribution >= 4 is 11.8 Å². The predicted molar refractivity (Wildman–Crippen MR) is 58.3 cm³/mol. The molecular weight excluding hydrogens is 224 g/mol. The van der Waals surface area contributed by atoms with E-state index in [0.717, 1.165) is 13.1 Å². The molecule has 1 aromatic heterocycles. The summed E-state index contributed by atoms with van der Waals surface area (Å²) in [7, 11) is 0. The Labute approximate surface area is 98.1 Å². The summed E-state index contributed by atoms with van der Waals surface area (Å²) in [6.07, 6.45) is 1.31. The molecule has 0 bridgehead atoms. The highest BCUT2D eigenvalue weighted by molar-refractivity contribution is 5.94. The van der Waals surface area contributed by atoms with Crippen LogP contribution in [-0.4, -0.2) is 54.6 Å². The van der Waals surface area contributed by atoms with E-state index in [0.29, 0.717) is 13.1 Å². The van der Waals surface area contributed by atoms with Crippen LogP contribution in [-0.2, 0) is 4.79 Å². The highest BCUT2D eigenvalue weighted by atomic mass is 16.5. The van der Waals surface area contributed by atoms with Gasteiger partial charge in [-0.15, -0.1) is 0 Å². The molecule has 0 atom stereocenters. The van der Waals surface area contributed by atoms with E-state index in [1.807, 2.05) is 0 Å². The Morgan fingerprint density at radius 3 is 2.88 bits per heavy atom. The van der Waals surface area contributed by atoms with Crippen molar-refractivity contribution in [3.8, 4) is 0 Å². The van der Waals surface area contributed by atoms with Gasteiger partial charge in [0.1, 0.15) is 6.26 Å². The standard InChI is InChI=1S/C10H14N4O3/c15-9(14-4-2-11-3-5-14)7-12-10(16)8-1-6-17-13-8/h1,6,11H,2-5,7H2,(H,12,16). The number of carbonyl (C=O) groups excluding carboxylic acids is 2. The topological polar surface area (TPSA) is 87.5 Å². The van der Waals surface area contributed by atoms with E-state index < -0.39 is 5.91 Å². The van der Waals surface area contributed by atoms with E-state index >= 15 is 0 Å². The van der Waals surface area contributed by atoms with Gasteiger partial charge < -0.3 is 20.1 Å². The Morgan fingerprint density at radius 2 is 2.24 bits per heavy atom. The summed E-state index contributed by atoms with van der Waals surface area (Å²) < 4.78 is 4.54. The number of rotatable bonds is 3. The molecule has 7 heteroatoms. The third kappa shape index (κ3) is 3.04. The third-order valence-corrected chi connectivity index (χ3v) is 2.54. The van der Waals surface area contributed by atoms with Crippen LogP contribution in [0.2, 0.25) is 0 Å². The average molecular weight is 238 g/mol. The van der Waals surface area contributed by atoms with Crippen molar-refractivity contribution in [2.45, 2.75) is 0 Å². The first-order valence-corrected chi connectivity index (χ1v) is 5.44. The van der Waals surface area contributed by atoms with E-state index in [9.17, 15) is 9.59 Å². The second-order valence-electron chi connectivity index (χ2n) is 3.70. The molecule has 0 aromatic carbocycles. The van der Waals surface area contributed by atoms with Gasteiger partial charge in [0.25, 0.3) is 5.91 Å². The van der Waals surface area contributed by atoms with Gasteiger partial charge in [0.15, 0.2) is 5.69 Å². The van der Waals surface area contributed by atoms with E-state index in [1.54, 1.807) is 4.90 Å². The lowest BCUT2D eigenvalue weighted by Crippen LogP contribution is -2.49. The number of carbonyl (C=O) groups is 2. The zero-order valence-electron chi connectivity index (χ0n) is 9.31. The molecule has 92 valence electrons. The van der Waals surface area contributed by atoms with Gasteiger partial charge in [0.2, 0.25) is 5.91 Å². The Morgan fingerprint density at radius 1 is 1.47 bits per heavy atom. The SMILES string of the molecule is O=C(NCC(=O)N1CCNCC1)c1ccon1. The van der Waals surface area contributed by atoms with Crippen molar-refractivity contribution in [3.05, 3.63) is 18.0 Å². The minimum absolute atomic E-state index is 0.00824. The smallest absolute Gasteiger partial charge is 0.273 e. The summed E-state index contributed by atoms with van der Waals surface area (Å²) in [6, 6.07) is 1.45. The van der Waals surface area contributed by atoms with Gasteiger partial charge in [-0.3, -0.25) is 9.59 Å². The molecule has 7 nitrogen and oxygen atoms in total. The number of amides is 2. The fraction of sp³-hybridized carbons (Fsp3) is 0.500. The third-order valence-electron chi connectivity index (χ3n) is 2.54. The molecule has 2 N–H and O–H groups in total. The number of hydrogen-bond acceptors (Lipinski definition) is 5. The summed E-state index contributed by atoms with van der Waals surface area (Å²) in [6.45, 7) is 2.94. The molecule has 17 heavy (non-hydrogen) atoms. The highest BCUT2D eigenvalue weighted by Crippen LogP contribution is 1.95. The first-order valence-electron chi connectivity index (χ1n) is 5.44. The molecular formula is C10H14N4O3. The number of hydrogen-bond donors (Lipinski definition) is 2. The number of nitrogens with one attached hydrogen (secondary N) is 2. The molecule has 0 radical (unpaired) electrons. The Balaban J connectivity index is 1.77. The molecule has 1 aromatic rings. The summed E-state index contributed by atoms with van der Waals surface area (Å²) in [5.41, 5.74) is 0.179. The molecule has 1 saturated heterocycles. The van der Waals surface area contributed by atoms with Gasteiger partial charge in [-0.1, -0.05) is 5.16 Å². The number of nitrogens with zero attached hydrogens (tertiary/aromatic N) is 2. The zero-order chi connectivity index (χ0) is 12.1. The normalized spacial score (nSPS) is 15.6. The van der Waals surface area contributed by atoms with Gasteiger partial charge in [0, 0.05) is 32.2 Å². The molecule has 0 aliphatic carbocycles. The van der Waals surface area contributed by atoms with Crippen LogP contribution in [0.1, 0.15) is 10.5 Å². The molecule has 1 aliphatic heterocycles. The van der Waals surface area contributed by atoms with Crippen molar-refractivity contribution in [2.24, 2.45) is 0 Å². The van der Waals surface area contributed by atoms with Gasteiger partial charge >= 0.3 is 0 Å². The summed E-state index contributed by atoms with van der Waals surface area (Å²) >= 11 is 0. The lowest BCUT2D eigenvalue weighted by atomic mass is 10.3. The van der Waals surface area contributed by atoms with Gasteiger partial charge in [-0.25, -0.2) is 0 Å². The highest BCUT2D eigenvalue weighted by Gasteiger charge is 2.17. The molecule has 1 fully saturated rings. The first-order chi connectivity index (χ1) is 8.27. The average Bonchev–Trinajstić information content (AvgIpc) is 2.90. The number of aromatic nitrogens is 1. The Bertz CT molecular complexity index is 384. The second-order valence-corrected chi connectivity index (χ2v) is 3.70. The van der Waals surface area contributed by atoms with Crippen LogP contribution in [0.4, 0.5) is 0 Å². The summed E-state index contributed by atoms with van der Waals surface area (Å²) in [4.78, 5) is 24.9. The molecule has 0 spiro atoms. The van der Waals surface area contributed by atoms with Crippen LogP contribution in [0, 0.1) is 0 Å². The fourth-order valence-electron chi connectivity index (χ4n) is 1.60. The first kappa shape index (κ1) is 11.6. The van der Waals surface area contributed by atoms with Crippen LogP contribution < -0.4 is 10.6 Å². The van der Waals surface area contributed by atoms with Crippen LogP contribution >= 0.6 is 0 Å². The maximum absolute atomic E-state index is 11.7. The predicted octanol–water partition coefficient (Wildman–Crippen LogP) is -1.16. The maximum Gasteiger partial charge on any atom is 0.273 e. The molecule has 0 unspecified atom stereocenters. The Hall–Kier alpha value is -1.89. The molecule has 2 amide bonds. The van der Waals surface area contributed by atoms with Crippen LogP contribution in [0.3, 0.4) is 0 Å². The van der Waals surface area contributed by atoms with Gasteiger partial charge in [0.05, 0.1) is 6.54 Å². The fourth-order valence-corrected chi connectivity index (χ4v) is 1.60. The number of piperazine rings is 1. The Kier molecular flexibility index (Phi) is 3.71. The van der Waals surface area contributed by atoms with Crippen molar-refractivity contribution in [2.75, 3.05) is 32.7 Å². The summed E-state index contributed by atoms with van der Waals surface area (Å²) in [5.74, 6) is -0.481. The van der Waals surface area contributed by atoms with E-state index in [-0.39, 0.29) is 18.1 Å². The monoisotopic (exact) mass is 238 g/mol. The van der Waals surface area contributed by atoms with Crippen molar-refractivity contribution in [1.82, 2.24) is 20.7 Å². The molecule has 2 heterocycles.